The molecule has 3 aromatic carbocycles. The van der Waals surface area contributed by atoms with Gasteiger partial charge in [0.25, 0.3) is 0 Å². The van der Waals surface area contributed by atoms with Crippen molar-refractivity contribution in [3.05, 3.63) is 101 Å². The fraction of sp³-hybridized carbons (Fsp3) is 0.192. The summed E-state index contributed by atoms with van der Waals surface area (Å²) in [5.74, 6) is -1.25. The Labute approximate surface area is 193 Å². The number of carbonyl (C=O) groups is 1. The summed E-state index contributed by atoms with van der Waals surface area (Å²) in [6, 6.07) is 14.5. The Bertz CT molecular complexity index is 1220. The minimum atomic E-state index is -4.78. The third kappa shape index (κ3) is 4.00. The van der Waals surface area contributed by atoms with Gasteiger partial charge in [0.05, 0.1) is 7.11 Å². The minimum absolute atomic E-state index is 0.00812. The van der Waals surface area contributed by atoms with E-state index in [0.29, 0.717) is 11.1 Å². The van der Waals surface area contributed by atoms with Crippen LogP contribution in [-0.2, 0) is 21.5 Å². The highest BCUT2D eigenvalue weighted by Crippen LogP contribution is 2.53. The van der Waals surface area contributed by atoms with Gasteiger partial charge >= 0.3 is 12.1 Å². The van der Waals surface area contributed by atoms with Gasteiger partial charge in [-0.1, -0.05) is 30.3 Å². The topological polar surface area (TPSA) is 49.8 Å². The Morgan fingerprint density at radius 3 is 2.35 bits per heavy atom. The number of hydrogen-bond acceptors (Lipinski definition) is 4. The molecule has 1 unspecified atom stereocenters. The maximum atomic E-state index is 15.2. The maximum absolute atomic E-state index is 15.2. The molecule has 0 bridgehead atoms. The molecule has 8 heteroatoms. The number of ether oxygens (including phenoxy) is 1. The van der Waals surface area contributed by atoms with E-state index in [1.165, 1.54) is 78.8 Å². The Hall–Kier alpha value is -3.81. The molecule has 0 saturated heterocycles. The Balaban J connectivity index is 1.94. The second-order valence-electron chi connectivity index (χ2n) is 7.91. The van der Waals surface area contributed by atoms with E-state index in [-0.39, 0.29) is 35.5 Å². The summed E-state index contributed by atoms with van der Waals surface area (Å²) in [5.41, 5.74) is -1.53. The molecule has 0 aliphatic carbocycles. The predicted octanol–water partition coefficient (Wildman–Crippen LogP) is 5.59. The number of alkyl halides is 3. The van der Waals surface area contributed by atoms with Crippen molar-refractivity contribution < 1.29 is 32.2 Å². The first-order valence-electron chi connectivity index (χ1n) is 10.5. The van der Waals surface area contributed by atoms with Crippen LogP contribution < -0.4 is 4.90 Å². The number of benzene rings is 3. The first-order valence-corrected chi connectivity index (χ1v) is 10.5. The third-order valence-corrected chi connectivity index (χ3v) is 5.98. The molecule has 0 aromatic heterocycles. The summed E-state index contributed by atoms with van der Waals surface area (Å²) in [5, 5.41) is 9.92. The lowest BCUT2D eigenvalue weighted by atomic mass is 9.74. The van der Waals surface area contributed by atoms with E-state index in [0.717, 1.165) is 12.1 Å². The van der Waals surface area contributed by atoms with Crippen molar-refractivity contribution in [1.29, 1.82) is 0 Å². The van der Waals surface area contributed by atoms with Gasteiger partial charge in [-0.05, 0) is 71.1 Å². The van der Waals surface area contributed by atoms with E-state index >= 15 is 13.2 Å². The van der Waals surface area contributed by atoms with Gasteiger partial charge in [-0.15, -0.1) is 0 Å². The van der Waals surface area contributed by atoms with Crippen molar-refractivity contribution >= 4 is 17.7 Å². The summed E-state index contributed by atoms with van der Waals surface area (Å²) in [7, 11) is 1.23. The fourth-order valence-corrected chi connectivity index (χ4v) is 4.48. The first kappa shape index (κ1) is 23.4. The number of nitrogens with zero attached hydrogens (tertiary/aromatic N) is 1. The van der Waals surface area contributed by atoms with Gasteiger partial charge in [-0.2, -0.15) is 13.2 Å². The number of phenols is 1. The number of methoxy groups -OCH3 is 1. The Morgan fingerprint density at radius 2 is 1.74 bits per heavy atom. The monoisotopic (exact) mass is 471 g/mol. The third-order valence-electron chi connectivity index (χ3n) is 5.98. The molecule has 3 aromatic rings. The molecule has 0 fully saturated rings. The number of hydrogen-bond donors (Lipinski definition) is 1. The summed E-state index contributed by atoms with van der Waals surface area (Å²) in [6.45, 7) is -0.00834. The molecule has 4 rings (SSSR count). The molecular formula is C26H21F4NO3. The largest absolute Gasteiger partial charge is 0.508 e. The number of esters is 1. The second-order valence-corrected chi connectivity index (χ2v) is 7.91. The van der Waals surface area contributed by atoms with Crippen LogP contribution in [0.25, 0.3) is 6.08 Å². The molecule has 4 nitrogen and oxygen atoms in total. The highest BCUT2D eigenvalue weighted by Gasteiger charge is 2.63. The van der Waals surface area contributed by atoms with E-state index in [1.54, 1.807) is 0 Å². The first-order chi connectivity index (χ1) is 16.2. The van der Waals surface area contributed by atoms with E-state index < -0.39 is 23.5 Å². The van der Waals surface area contributed by atoms with Crippen LogP contribution in [-0.4, -0.2) is 30.9 Å². The van der Waals surface area contributed by atoms with Gasteiger partial charge in [0, 0.05) is 18.3 Å². The van der Waals surface area contributed by atoms with Crippen molar-refractivity contribution in [2.24, 2.45) is 0 Å². The molecular weight excluding hydrogens is 450 g/mol. The summed E-state index contributed by atoms with van der Waals surface area (Å²) in [4.78, 5) is 12.6. The molecule has 1 N–H and O–H groups in total. The maximum Gasteiger partial charge on any atom is 0.420 e. The van der Waals surface area contributed by atoms with E-state index in [1.807, 2.05) is 0 Å². The zero-order valence-corrected chi connectivity index (χ0v) is 18.1. The summed E-state index contributed by atoms with van der Waals surface area (Å²) >= 11 is 0. The van der Waals surface area contributed by atoms with E-state index in [2.05, 4.69) is 4.74 Å². The smallest absolute Gasteiger partial charge is 0.420 e. The molecule has 0 amide bonds. The molecule has 176 valence electrons. The molecule has 0 saturated carbocycles. The standard InChI is InChI=1S/C26H21F4NO3/c1-34-24(33)13-4-17-2-5-19(6-3-17)25(26(28,29)30)23-12-11-22(32)16-18(23)14-15-31(25)21-9-7-20(27)8-10-21/h2-13,16,32H,14-15H2,1H3/b13-4+. The van der Waals surface area contributed by atoms with Crippen molar-refractivity contribution in [3.8, 4) is 5.75 Å². The van der Waals surface area contributed by atoms with Crippen LogP contribution in [0, 0.1) is 5.82 Å². The molecule has 34 heavy (non-hydrogen) atoms. The quantitative estimate of drug-likeness (QED) is 0.306. The van der Waals surface area contributed by atoms with Crippen LogP contribution in [0.15, 0.2) is 72.8 Å². The van der Waals surface area contributed by atoms with Gasteiger partial charge in [-0.25, -0.2) is 9.18 Å². The van der Waals surface area contributed by atoms with Gasteiger partial charge in [-0.3, -0.25) is 0 Å². The molecule has 0 radical (unpaired) electrons. The SMILES string of the molecule is COC(=O)/C=C/c1ccc(C2(C(F)(F)F)c3ccc(O)cc3CCN2c2ccc(F)cc2)cc1. The van der Waals surface area contributed by atoms with Gasteiger partial charge in [0.1, 0.15) is 11.6 Å². The number of halogens is 4. The van der Waals surface area contributed by atoms with Crippen LogP contribution in [0.3, 0.4) is 0 Å². The van der Waals surface area contributed by atoms with E-state index in [4.69, 9.17) is 0 Å². The van der Waals surface area contributed by atoms with Crippen molar-refractivity contribution in [3.63, 3.8) is 0 Å². The van der Waals surface area contributed by atoms with Crippen LogP contribution in [0.2, 0.25) is 0 Å². The minimum Gasteiger partial charge on any atom is -0.508 e. The number of anilines is 1. The number of phenolic OH excluding ortho intramolecular Hbond substituents is 1. The number of fused-ring (bicyclic) bond motifs is 1. The molecule has 1 aliphatic heterocycles. The van der Waals surface area contributed by atoms with Crippen molar-refractivity contribution in [2.45, 2.75) is 18.1 Å². The summed E-state index contributed by atoms with van der Waals surface area (Å²) in [6.07, 6.45) is -1.89. The lowest BCUT2D eigenvalue weighted by Gasteiger charge is -2.50. The zero-order valence-electron chi connectivity index (χ0n) is 18.1. The Morgan fingerprint density at radius 1 is 1.06 bits per heavy atom. The molecule has 1 atom stereocenters. The van der Waals surface area contributed by atoms with E-state index in [9.17, 15) is 14.3 Å². The Kier molecular flexibility index (Phi) is 6.08. The van der Waals surface area contributed by atoms with Crippen LogP contribution >= 0.6 is 0 Å². The molecule has 1 heterocycles. The number of aromatic hydroxyl groups is 1. The van der Waals surface area contributed by atoms with Crippen molar-refractivity contribution in [1.82, 2.24) is 0 Å². The summed E-state index contributed by atoms with van der Waals surface area (Å²) < 4.78 is 63.8. The fourth-order valence-electron chi connectivity index (χ4n) is 4.48. The normalized spacial score (nSPS) is 18.1. The lowest BCUT2D eigenvalue weighted by molar-refractivity contribution is -0.179. The van der Waals surface area contributed by atoms with Gasteiger partial charge < -0.3 is 14.7 Å². The lowest BCUT2D eigenvalue weighted by Crippen LogP contribution is -2.60. The van der Waals surface area contributed by atoms with Crippen LogP contribution in [0.1, 0.15) is 22.3 Å². The highest BCUT2D eigenvalue weighted by atomic mass is 19.4. The number of carbonyl (C=O) groups excluding carboxylic acids is 1. The number of rotatable bonds is 4. The molecule has 0 spiro atoms. The van der Waals surface area contributed by atoms with Crippen molar-refractivity contribution in [2.75, 3.05) is 18.6 Å². The predicted molar refractivity (Wildman–Crippen MR) is 120 cm³/mol. The zero-order chi connectivity index (χ0) is 24.5. The highest BCUT2D eigenvalue weighted by molar-refractivity contribution is 5.86. The average molecular weight is 471 g/mol. The van der Waals surface area contributed by atoms with Crippen LogP contribution in [0.4, 0.5) is 23.2 Å². The van der Waals surface area contributed by atoms with Crippen LogP contribution in [0.5, 0.6) is 5.75 Å². The van der Waals surface area contributed by atoms with Gasteiger partial charge in [0.2, 0.25) is 0 Å². The van der Waals surface area contributed by atoms with Gasteiger partial charge in [0.15, 0.2) is 5.54 Å². The molecule has 1 aliphatic rings. The second kappa shape index (κ2) is 8.85. The average Bonchev–Trinajstić information content (AvgIpc) is 2.81.